The van der Waals surface area contributed by atoms with Crippen LogP contribution in [0.15, 0.2) is 121 Å². The number of ether oxygens (including phenoxy) is 2. The maximum Gasteiger partial charge on any atom is 0.411 e. The van der Waals surface area contributed by atoms with Gasteiger partial charge in [0.25, 0.3) is 0 Å². The molecule has 5 rings (SSSR count). The zero-order valence-corrected chi connectivity index (χ0v) is 26.5. The lowest BCUT2D eigenvalue weighted by molar-refractivity contribution is -0.146. The molecule has 1 aliphatic rings. The summed E-state index contributed by atoms with van der Waals surface area (Å²) < 4.78 is 11.4. The maximum absolute atomic E-state index is 14.5. The molecule has 3 amide bonds. The van der Waals surface area contributed by atoms with Crippen molar-refractivity contribution in [3.63, 3.8) is 0 Å². The lowest BCUT2D eigenvalue weighted by Gasteiger charge is -2.38. The van der Waals surface area contributed by atoms with E-state index in [0.717, 1.165) is 16.7 Å². The van der Waals surface area contributed by atoms with E-state index < -0.39 is 47.3 Å². The summed E-state index contributed by atoms with van der Waals surface area (Å²) in [6, 6.07) is 36.0. The molecule has 47 heavy (non-hydrogen) atoms. The Morgan fingerprint density at radius 1 is 0.681 bits per heavy atom. The number of hydrogen-bond donors (Lipinski definition) is 2. The zero-order chi connectivity index (χ0) is 33.2. The molecular formula is C38H39N3O6. The third-order valence-corrected chi connectivity index (χ3v) is 8.66. The first kappa shape index (κ1) is 32.9. The second-order valence-electron chi connectivity index (χ2n) is 11.7. The number of esters is 1. The van der Waals surface area contributed by atoms with E-state index in [-0.39, 0.29) is 26.3 Å². The molecule has 242 valence electrons. The van der Waals surface area contributed by atoms with Gasteiger partial charge < -0.3 is 20.1 Å². The molecule has 0 saturated carbocycles. The Morgan fingerprint density at radius 3 is 1.70 bits per heavy atom. The van der Waals surface area contributed by atoms with Gasteiger partial charge in [-0.3, -0.25) is 19.3 Å². The van der Waals surface area contributed by atoms with E-state index in [2.05, 4.69) is 10.6 Å². The van der Waals surface area contributed by atoms with Gasteiger partial charge in [0.05, 0.1) is 6.61 Å². The predicted octanol–water partition coefficient (Wildman–Crippen LogP) is 5.36. The van der Waals surface area contributed by atoms with E-state index >= 15 is 0 Å². The summed E-state index contributed by atoms with van der Waals surface area (Å²) in [5.41, 5.74) is 1.51. The van der Waals surface area contributed by atoms with E-state index in [1.165, 1.54) is 11.8 Å². The molecule has 1 saturated heterocycles. The smallest absolute Gasteiger partial charge is 0.411 e. The van der Waals surface area contributed by atoms with Crippen LogP contribution in [-0.4, -0.2) is 47.0 Å². The molecule has 0 aromatic heterocycles. The topological polar surface area (TPSA) is 114 Å². The Labute approximate surface area is 274 Å². The Balaban J connectivity index is 1.59. The van der Waals surface area contributed by atoms with Crippen molar-refractivity contribution < 1.29 is 28.7 Å². The van der Waals surface area contributed by atoms with Gasteiger partial charge in [0.1, 0.15) is 18.2 Å². The molecule has 1 aliphatic heterocycles. The van der Waals surface area contributed by atoms with Gasteiger partial charge in [0.2, 0.25) is 11.8 Å². The van der Waals surface area contributed by atoms with Crippen LogP contribution in [0.4, 0.5) is 4.79 Å². The third-order valence-electron chi connectivity index (χ3n) is 8.66. The van der Waals surface area contributed by atoms with Crippen molar-refractivity contribution in [1.29, 1.82) is 0 Å². The zero-order valence-electron chi connectivity index (χ0n) is 26.5. The van der Waals surface area contributed by atoms with Crippen molar-refractivity contribution in [3.8, 4) is 0 Å². The minimum absolute atomic E-state index is 0.0686. The van der Waals surface area contributed by atoms with Crippen molar-refractivity contribution in [1.82, 2.24) is 15.5 Å². The molecule has 4 atom stereocenters. The fourth-order valence-electron chi connectivity index (χ4n) is 6.26. The van der Waals surface area contributed by atoms with Crippen LogP contribution < -0.4 is 10.6 Å². The summed E-state index contributed by atoms with van der Waals surface area (Å²) in [6.07, 6.45) is -0.836. The van der Waals surface area contributed by atoms with Crippen molar-refractivity contribution in [2.75, 3.05) is 6.61 Å². The van der Waals surface area contributed by atoms with Gasteiger partial charge in [-0.15, -0.1) is 0 Å². The molecule has 0 spiro atoms. The highest BCUT2D eigenvalue weighted by atomic mass is 16.6. The van der Waals surface area contributed by atoms with E-state index in [0.29, 0.717) is 5.56 Å². The Morgan fingerprint density at radius 2 is 1.17 bits per heavy atom. The van der Waals surface area contributed by atoms with Crippen LogP contribution in [0.25, 0.3) is 0 Å². The van der Waals surface area contributed by atoms with Crippen LogP contribution in [0.1, 0.15) is 42.0 Å². The lowest BCUT2D eigenvalue weighted by Crippen LogP contribution is -2.62. The summed E-state index contributed by atoms with van der Waals surface area (Å²) in [4.78, 5) is 56.6. The Hall–Kier alpha value is -5.44. The fourth-order valence-corrected chi connectivity index (χ4v) is 6.26. The first-order valence-corrected chi connectivity index (χ1v) is 15.6. The predicted molar refractivity (Wildman–Crippen MR) is 177 cm³/mol. The van der Waals surface area contributed by atoms with E-state index in [1.807, 2.05) is 121 Å². The molecule has 4 aromatic rings. The third kappa shape index (κ3) is 7.69. The Kier molecular flexibility index (Phi) is 10.7. The number of hydrogen-bond acceptors (Lipinski definition) is 6. The molecule has 1 heterocycles. The van der Waals surface area contributed by atoms with Crippen LogP contribution >= 0.6 is 0 Å². The minimum Gasteiger partial charge on any atom is -0.465 e. The standard InChI is InChI=1S/C38H39N3O6/c1-27(42)46-26-32-33(31-21-13-6-14-22-31)34(35(43)39-23-28-15-7-3-8-16-28)41(37(45)47-25-30-19-11-5-12-20-30)38(32,2)36(44)40-24-29-17-9-4-10-18-29/h3-22,32-34H,23-26H2,1-2H3,(H,39,43)(H,40,44)/t32-,33-,34-,38+/m0/s1. The summed E-state index contributed by atoms with van der Waals surface area (Å²) in [7, 11) is 0. The number of benzene rings is 4. The van der Waals surface area contributed by atoms with E-state index in [4.69, 9.17) is 9.47 Å². The van der Waals surface area contributed by atoms with E-state index in [1.54, 1.807) is 6.92 Å². The molecule has 9 nitrogen and oxygen atoms in total. The number of amides is 3. The number of carbonyl (C=O) groups excluding carboxylic acids is 4. The first-order chi connectivity index (χ1) is 22.8. The summed E-state index contributed by atoms with van der Waals surface area (Å²) in [5.74, 6) is -3.07. The molecule has 9 heteroatoms. The van der Waals surface area contributed by atoms with Gasteiger partial charge in [0, 0.05) is 31.8 Å². The molecule has 2 N–H and O–H groups in total. The normalized spacial score (nSPS) is 20.2. The van der Waals surface area contributed by atoms with Crippen molar-refractivity contribution in [2.45, 2.75) is 51.0 Å². The number of nitrogens with one attached hydrogen (secondary N) is 2. The monoisotopic (exact) mass is 633 g/mol. The second kappa shape index (κ2) is 15.2. The first-order valence-electron chi connectivity index (χ1n) is 15.6. The summed E-state index contributed by atoms with van der Waals surface area (Å²) in [6.45, 7) is 3.01. The highest BCUT2D eigenvalue weighted by molar-refractivity contribution is 5.96. The molecule has 4 aromatic carbocycles. The molecule has 0 radical (unpaired) electrons. The van der Waals surface area contributed by atoms with Crippen LogP contribution in [0.3, 0.4) is 0 Å². The van der Waals surface area contributed by atoms with Gasteiger partial charge in [0.15, 0.2) is 0 Å². The SMILES string of the molecule is CC(=O)OC[C@H]1[C@H](c2ccccc2)[C@@H](C(=O)NCc2ccccc2)N(C(=O)OCc2ccccc2)[C@@]1(C)C(=O)NCc1ccccc1. The number of carbonyl (C=O) groups is 4. The molecular weight excluding hydrogens is 594 g/mol. The van der Waals surface area contributed by atoms with Gasteiger partial charge in [-0.2, -0.15) is 0 Å². The highest BCUT2D eigenvalue weighted by Gasteiger charge is 2.65. The average Bonchev–Trinajstić information content (AvgIpc) is 3.38. The van der Waals surface area contributed by atoms with Crippen molar-refractivity contribution in [2.24, 2.45) is 5.92 Å². The van der Waals surface area contributed by atoms with Gasteiger partial charge in [-0.05, 0) is 29.2 Å². The van der Waals surface area contributed by atoms with Gasteiger partial charge >= 0.3 is 12.1 Å². The highest BCUT2D eigenvalue weighted by Crippen LogP contribution is 2.49. The number of likely N-dealkylation sites (tertiary alicyclic amines) is 1. The van der Waals surface area contributed by atoms with Gasteiger partial charge in [-0.1, -0.05) is 121 Å². The number of nitrogens with zero attached hydrogens (tertiary/aromatic N) is 1. The van der Waals surface area contributed by atoms with Crippen molar-refractivity contribution >= 4 is 23.9 Å². The van der Waals surface area contributed by atoms with Crippen LogP contribution in [0, 0.1) is 5.92 Å². The second-order valence-corrected chi connectivity index (χ2v) is 11.7. The van der Waals surface area contributed by atoms with Crippen molar-refractivity contribution in [3.05, 3.63) is 144 Å². The fraction of sp³-hybridized carbons (Fsp3) is 0.263. The number of rotatable bonds is 11. The Bertz CT molecular complexity index is 1650. The summed E-state index contributed by atoms with van der Waals surface area (Å²) >= 11 is 0. The largest absolute Gasteiger partial charge is 0.465 e. The van der Waals surface area contributed by atoms with Gasteiger partial charge in [-0.25, -0.2) is 4.79 Å². The average molecular weight is 634 g/mol. The summed E-state index contributed by atoms with van der Waals surface area (Å²) in [5, 5.41) is 5.98. The molecule has 0 bridgehead atoms. The van der Waals surface area contributed by atoms with Crippen LogP contribution in [0.2, 0.25) is 0 Å². The van der Waals surface area contributed by atoms with E-state index in [9.17, 15) is 19.2 Å². The minimum atomic E-state index is -1.67. The lowest BCUT2D eigenvalue weighted by atomic mass is 9.76. The van der Waals surface area contributed by atoms with Crippen LogP contribution in [0.5, 0.6) is 0 Å². The van der Waals surface area contributed by atoms with Crippen LogP contribution in [-0.2, 0) is 43.6 Å². The molecule has 0 unspecified atom stereocenters. The molecule has 1 fully saturated rings. The maximum atomic E-state index is 14.5. The quantitative estimate of drug-likeness (QED) is 0.215. The molecule has 0 aliphatic carbocycles.